The number of carbonyl (C=O) groups excluding carboxylic acids is 1. The van der Waals surface area contributed by atoms with E-state index in [1.165, 1.54) is 12.1 Å². The second kappa shape index (κ2) is 9.07. The summed E-state index contributed by atoms with van der Waals surface area (Å²) in [5.41, 5.74) is 4.23. The van der Waals surface area contributed by atoms with Gasteiger partial charge in [-0.1, -0.05) is 13.8 Å². The molecule has 0 N–H and O–H groups in total. The first kappa shape index (κ1) is 23.5. The Labute approximate surface area is 208 Å². The van der Waals surface area contributed by atoms with Gasteiger partial charge in [0.1, 0.15) is 11.6 Å². The summed E-state index contributed by atoms with van der Waals surface area (Å²) in [6.07, 6.45) is 3.65. The quantitative estimate of drug-likeness (QED) is 0.349. The van der Waals surface area contributed by atoms with E-state index in [2.05, 4.69) is 24.5 Å². The predicted molar refractivity (Wildman–Crippen MR) is 135 cm³/mol. The fourth-order valence-corrected chi connectivity index (χ4v) is 5.53. The van der Waals surface area contributed by atoms with Crippen molar-refractivity contribution in [2.24, 2.45) is 7.05 Å². The largest absolute Gasteiger partial charge is 0.327 e. The molecule has 180 valence electrons. The number of fused-ring (bicyclic) bond motifs is 2. The zero-order valence-electron chi connectivity index (χ0n) is 19.8. The summed E-state index contributed by atoms with van der Waals surface area (Å²) in [7, 11) is 1.78. The summed E-state index contributed by atoms with van der Waals surface area (Å²) in [5.74, 6) is -1.33. The van der Waals surface area contributed by atoms with E-state index in [0.717, 1.165) is 39.5 Å². The highest BCUT2D eigenvalue weighted by Gasteiger charge is 2.40. The molecule has 3 heterocycles. The van der Waals surface area contributed by atoms with Gasteiger partial charge in [0.15, 0.2) is 0 Å². The normalized spacial score (nSPS) is 17.6. The van der Waals surface area contributed by atoms with Crippen molar-refractivity contribution < 1.29 is 13.6 Å². The number of amides is 1. The van der Waals surface area contributed by atoms with Crippen molar-refractivity contribution in [3.05, 3.63) is 77.1 Å². The van der Waals surface area contributed by atoms with Crippen LogP contribution < -0.4 is 0 Å². The van der Waals surface area contributed by atoms with E-state index >= 15 is 0 Å². The highest BCUT2D eigenvalue weighted by molar-refractivity contribution is 7.80. The Morgan fingerprint density at radius 2 is 1.83 bits per heavy atom. The minimum atomic E-state index is -0.629. The molecule has 2 aromatic heterocycles. The van der Waals surface area contributed by atoms with Crippen LogP contribution in [-0.4, -0.2) is 31.6 Å². The Kier molecular flexibility index (Phi) is 6.09. The molecule has 0 spiro atoms. The van der Waals surface area contributed by atoms with Gasteiger partial charge in [0, 0.05) is 52.3 Å². The van der Waals surface area contributed by atoms with Gasteiger partial charge in [-0.15, -0.1) is 12.6 Å². The minimum Gasteiger partial charge on any atom is -0.327 e. The average molecular weight is 493 g/mol. The molecule has 0 saturated heterocycles. The number of benzene rings is 2. The van der Waals surface area contributed by atoms with E-state index in [4.69, 9.17) is 5.10 Å². The maximum absolute atomic E-state index is 14.0. The van der Waals surface area contributed by atoms with E-state index in [1.807, 2.05) is 24.0 Å². The molecule has 1 aliphatic heterocycles. The first-order valence-electron chi connectivity index (χ1n) is 11.7. The molecule has 35 heavy (non-hydrogen) atoms. The van der Waals surface area contributed by atoms with Crippen molar-refractivity contribution >= 4 is 29.4 Å². The third kappa shape index (κ3) is 3.99. The molecule has 5 nitrogen and oxygen atoms in total. The third-order valence-electron chi connectivity index (χ3n) is 6.85. The molecular weight excluding hydrogens is 466 g/mol. The van der Waals surface area contributed by atoms with Gasteiger partial charge in [-0.05, 0) is 55.7 Å². The molecule has 1 aliphatic rings. The van der Waals surface area contributed by atoms with Gasteiger partial charge in [0.05, 0.1) is 22.9 Å². The number of aromatic nitrogens is 3. The van der Waals surface area contributed by atoms with Crippen LogP contribution >= 0.6 is 12.6 Å². The number of halogens is 2. The zero-order chi connectivity index (χ0) is 24.9. The summed E-state index contributed by atoms with van der Waals surface area (Å²) >= 11 is 4.53. The average Bonchev–Trinajstić information content (AvgIpc) is 3.17. The first-order valence-corrected chi connectivity index (χ1v) is 12.2. The molecule has 2 atom stereocenters. The van der Waals surface area contributed by atoms with Crippen LogP contribution in [0, 0.1) is 11.6 Å². The number of carbonyl (C=O) groups is 1. The lowest BCUT2D eigenvalue weighted by atomic mass is 9.87. The van der Waals surface area contributed by atoms with Crippen LogP contribution in [-0.2, 0) is 13.5 Å². The Bertz CT molecular complexity index is 1430. The molecule has 0 saturated carbocycles. The highest BCUT2D eigenvalue weighted by Crippen LogP contribution is 2.41. The molecule has 1 amide bonds. The van der Waals surface area contributed by atoms with Gasteiger partial charge < -0.3 is 4.90 Å². The monoisotopic (exact) mass is 492 g/mol. The Balaban J connectivity index is 1.60. The summed E-state index contributed by atoms with van der Waals surface area (Å²) < 4.78 is 29.7. The van der Waals surface area contributed by atoms with E-state index < -0.39 is 11.6 Å². The first-order chi connectivity index (χ1) is 16.8. The lowest BCUT2D eigenvalue weighted by molar-refractivity contribution is 0.0513. The predicted octanol–water partition coefficient (Wildman–Crippen LogP) is 6.13. The van der Waals surface area contributed by atoms with Crippen LogP contribution in [0.4, 0.5) is 8.78 Å². The fourth-order valence-electron chi connectivity index (χ4n) is 5.28. The number of rotatable bonds is 4. The van der Waals surface area contributed by atoms with Crippen LogP contribution in [0.25, 0.3) is 22.2 Å². The lowest BCUT2D eigenvalue weighted by Gasteiger charge is -2.41. The van der Waals surface area contributed by atoms with E-state index in [9.17, 15) is 13.6 Å². The topological polar surface area (TPSA) is 51.0 Å². The molecule has 5 rings (SSSR count). The number of hydrogen-bond donors (Lipinski definition) is 1. The van der Waals surface area contributed by atoms with Gasteiger partial charge in [-0.2, -0.15) is 5.10 Å². The second-order valence-corrected chi connectivity index (χ2v) is 9.44. The number of hydrogen-bond acceptors (Lipinski definition) is 4. The summed E-state index contributed by atoms with van der Waals surface area (Å²) in [4.78, 5) is 21.0. The molecule has 8 heteroatoms. The van der Waals surface area contributed by atoms with Crippen molar-refractivity contribution in [2.45, 2.75) is 50.1 Å². The second-order valence-electron chi connectivity index (χ2n) is 8.96. The molecule has 0 radical (unpaired) electrons. The van der Waals surface area contributed by atoms with Gasteiger partial charge in [-0.25, -0.2) is 8.78 Å². The summed E-state index contributed by atoms with van der Waals surface area (Å²) in [6, 6.07) is 10.5. The van der Waals surface area contributed by atoms with Gasteiger partial charge in [0.25, 0.3) is 5.91 Å². The van der Waals surface area contributed by atoms with Gasteiger partial charge in [0.2, 0.25) is 0 Å². The van der Waals surface area contributed by atoms with Crippen LogP contribution in [0.2, 0.25) is 0 Å². The number of pyridine rings is 1. The van der Waals surface area contributed by atoms with Gasteiger partial charge in [-0.3, -0.25) is 14.5 Å². The third-order valence-corrected chi connectivity index (χ3v) is 7.24. The van der Waals surface area contributed by atoms with Crippen LogP contribution in [0.5, 0.6) is 0 Å². The molecule has 4 aromatic rings. The van der Waals surface area contributed by atoms with E-state index in [0.29, 0.717) is 29.7 Å². The highest BCUT2D eigenvalue weighted by atomic mass is 32.1. The lowest BCUT2D eigenvalue weighted by Crippen LogP contribution is -2.47. The summed E-state index contributed by atoms with van der Waals surface area (Å²) in [6.45, 7) is 4.08. The zero-order valence-corrected chi connectivity index (χ0v) is 20.7. The van der Waals surface area contributed by atoms with Crippen molar-refractivity contribution in [1.82, 2.24) is 19.7 Å². The van der Waals surface area contributed by atoms with Crippen LogP contribution in [0.1, 0.15) is 54.3 Å². The smallest absolute Gasteiger partial charge is 0.254 e. The number of aryl methyl sites for hydroxylation is 1. The molecule has 2 aromatic carbocycles. The summed E-state index contributed by atoms with van der Waals surface area (Å²) in [5, 5.41) is 5.58. The van der Waals surface area contributed by atoms with Crippen molar-refractivity contribution in [1.29, 1.82) is 0 Å². The van der Waals surface area contributed by atoms with Crippen molar-refractivity contribution in [2.75, 3.05) is 0 Å². The van der Waals surface area contributed by atoms with Crippen LogP contribution in [0.3, 0.4) is 0 Å². The Morgan fingerprint density at radius 3 is 2.51 bits per heavy atom. The maximum Gasteiger partial charge on any atom is 0.254 e. The van der Waals surface area contributed by atoms with Crippen LogP contribution in [0.15, 0.2) is 53.6 Å². The minimum absolute atomic E-state index is 0.0724. The molecule has 0 unspecified atom stereocenters. The molecule has 0 bridgehead atoms. The molecular formula is C27H26F2N4OS. The van der Waals surface area contributed by atoms with Crippen molar-refractivity contribution in [3.8, 4) is 11.3 Å². The molecule has 0 aliphatic carbocycles. The van der Waals surface area contributed by atoms with E-state index in [-0.39, 0.29) is 18.0 Å². The SMILES string of the molecule is CC[C@H]1Cc2c(nn(C)c2-c2cc(F)cc(F)c2)[C@@H](CC)N1C(=O)c1ccc2nccc(S)c2c1. The number of thiol groups is 1. The standard InChI is InChI=1S/C27H26F2N4OS/c1-4-19-14-21-25(31-32(3)26(21)16-10-17(28)13-18(29)11-16)23(5-2)33(19)27(34)15-6-7-22-20(12-15)24(35)8-9-30-22/h6-13,19,23H,4-5,14H2,1-3H3,(H,30,35)/t19-,23+/m0/s1. The Hall–Kier alpha value is -3.26. The van der Waals surface area contributed by atoms with E-state index in [1.54, 1.807) is 30.1 Å². The maximum atomic E-state index is 14.0. The fraction of sp³-hybridized carbons (Fsp3) is 0.296. The molecule has 0 fully saturated rings. The Morgan fingerprint density at radius 1 is 1.09 bits per heavy atom. The number of nitrogens with zero attached hydrogens (tertiary/aromatic N) is 4. The van der Waals surface area contributed by atoms with Gasteiger partial charge >= 0.3 is 0 Å². The van der Waals surface area contributed by atoms with Crippen molar-refractivity contribution in [3.63, 3.8) is 0 Å².